The van der Waals surface area contributed by atoms with E-state index in [0.29, 0.717) is 18.2 Å². The van der Waals surface area contributed by atoms with Crippen LogP contribution in [0, 0.1) is 5.92 Å². The number of anilines is 1. The molecule has 2 aromatic rings. The number of ether oxygens (including phenoxy) is 1. The van der Waals surface area contributed by atoms with Gasteiger partial charge in [-0.05, 0) is 81.0 Å². The zero-order chi connectivity index (χ0) is 22.6. The maximum Gasteiger partial charge on any atom is 0.120 e. The molecule has 0 aromatic heterocycles. The number of hydrazine groups is 1. The van der Waals surface area contributed by atoms with Crippen molar-refractivity contribution in [3.63, 3.8) is 0 Å². The third-order valence-corrected chi connectivity index (χ3v) is 5.72. The first-order valence-corrected chi connectivity index (χ1v) is 11.3. The minimum absolute atomic E-state index is 0.199. The highest BCUT2D eigenvalue weighted by Gasteiger charge is 2.24. The fraction of sp³-hybridized carbons (Fsp3) is 0.462. The number of nitrogens with zero attached hydrogens (tertiary/aromatic N) is 2. The van der Waals surface area contributed by atoms with Gasteiger partial charge in [0.25, 0.3) is 0 Å². The fourth-order valence-corrected chi connectivity index (χ4v) is 4.59. The van der Waals surface area contributed by atoms with Crippen LogP contribution in [-0.4, -0.2) is 29.7 Å². The molecule has 0 fully saturated rings. The average molecular weight is 423 g/mol. The van der Waals surface area contributed by atoms with Crippen LogP contribution in [0.25, 0.3) is 5.70 Å². The molecule has 0 spiro atoms. The molecule has 0 radical (unpaired) electrons. The van der Waals surface area contributed by atoms with Crippen molar-refractivity contribution in [3.8, 4) is 5.75 Å². The molecule has 1 aliphatic rings. The first-order chi connectivity index (χ1) is 14.6. The molecule has 1 unspecified atom stereocenters. The molecule has 3 rings (SSSR count). The van der Waals surface area contributed by atoms with E-state index in [9.17, 15) is 0 Å². The zero-order valence-electron chi connectivity index (χ0n) is 19.6. The molecule has 5 heteroatoms. The first-order valence-electron chi connectivity index (χ1n) is 11.3. The Bertz CT molecular complexity index is 889. The molecule has 0 amide bonds. The van der Waals surface area contributed by atoms with Gasteiger partial charge in [-0.2, -0.15) is 0 Å². The highest BCUT2D eigenvalue weighted by Crippen LogP contribution is 2.29. The third-order valence-electron chi connectivity index (χ3n) is 5.72. The van der Waals surface area contributed by atoms with Gasteiger partial charge in [-0.3, -0.25) is 0 Å². The summed E-state index contributed by atoms with van der Waals surface area (Å²) in [5, 5.41) is 1.69. The summed E-state index contributed by atoms with van der Waals surface area (Å²) in [4.78, 5) is 2.42. The van der Waals surface area contributed by atoms with Gasteiger partial charge in [0.05, 0.1) is 12.2 Å². The number of hydrogen-bond acceptors (Lipinski definition) is 5. The van der Waals surface area contributed by atoms with E-state index in [0.717, 1.165) is 30.7 Å². The molecule has 168 valence electrons. The molecule has 0 aliphatic carbocycles. The van der Waals surface area contributed by atoms with Crippen molar-refractivity contribution in [1.29, 1.82) is 0 Å². The molecular formula is C26H38N4O. The van der Waals surface area contributed by atoms with Crippen molar-refractivity contribution in [1.82, 2.24) is 5.01 Å². The Balaban J connectivity index is 1.59. The lowest BCUT2D eigenvalue weighted by atomic mass is 9.96. The van der Waals surface area contributed by atoms with E-state index in [-0.39, 0.29) is 11.6 Å². The van der Waals surface area contributed by atoms with Gasteiger partial charge in [0.1, 0.15) is 11.4 Å². The normalized spacial score (nSPS) is 15.2. The average Bonchev–Trinajstić information content (AvgIpc) is 3.11. The largest absolute Gasteiger partial charge is 0.488 e. The van der Waals surface area contributed by atoms with E-state index in [1.807, 2.05) is 30.5 Å². The summed E-state index contributed by atoms with van der Waals surface area (Å²) in [6.45, 7) is 12.6. The topological polar surface area (TPSA) is 67.8 Å². The van der Waals surface area contributed by atoms with E-state index in [1.165, 1.54) is 11.3 Å². The Hall–Kier alpha value is -2.66. The van der Waals surface area contributed by atoms with Crippen LogP contribution in [0.2, 0.25) is 0 Å². The molecule has 31 heavy (non-hydrogen) atoms. The highest BCUT2D eigenvalue weighted by atomic mass is 16.5. The minimum Gasteiger partial charge on any atom is -0.488 e. The number of para-hydroxylation sites is 1. The number of fused-ring (bicyclic) bond motifs is 1. The first kappa shape index (κ1) is 23.0. The van der Waals surface area contributed by atoms with Crippen LogP contribution in [0.15, 0.2) is 54.7 Å². The number of nitrogens with two attached hydrogens (primary N) is 2. The van der Waals surface area contributed by atoms with Crippen LogP contribution in [0.1, 0.15) is 52.2 Å². The van der Waals surface area contributed by atoms with E-state index < -0.39 is 0 Å². The van der Waals surface area contributed by atoms with Crippen molar-refractivity contribution in [2.45, 2.75) is 59.1 Å². The molecular weight excluding hydrogens is 384 g/mol. The molecule has 0 bridgehead atoms. The third kappa shape index (κ3) is 6.17. The Morgan fingerprint density at radius 1 is 1.13 bits per heavy atom. The van der Waals surface area contributed by atoms with Crippen molar-refractivity contribution >= 4 is 11.4 Å². The minimum atomic E-state index is -0.199. The Kier molecular flexibility index (Phi) is 7.16. The summed E-state index contributed by atoms with van der Waals surface area (Å²) >= 11 is 0. The monoisotopic (exact) mass is 422 g/mol. The van der Waals surface area contributed by atoms with Crippen LogP contribution >= 0.6 is 0 Å². The Morgan fingerprint density at radius 3 is 2.48 bits per heavy atom. The lowest BCUT2D eigenvalue weighted by Gasteiger charge is -2.30. The maximum atomic E-state index is 6.33. The van der Waals surface area contributed by atoms with Crippen molar-refractivity contribution < 1.29 is 4.74 Å². The van der Waals surface area contributed by atoms with Crippen LogP contribution in [0.3, 0.4) is 0 Å². The van der Waals surface area contributed by atoms with Gasteiger partial charge in [0.15, 0.2) is 0 Å². The SMILES string of the molecule is CC(C)CC(C)(C)Oc1ccc(/C(N)=C/N(N)CC(C)N2CCc3ccccc32)cc1. The Morgan fingerprint density at radius 2 is 1.81 bits per heavy atom. The molecule has 1 aliphatic heterocycles. The van der Waals surface area contributed by atoms with Gasteiger partial charge in [-0.25, -0.2) is 5.84 Å². The molecule has 4 N–H and O–H groups in total. The smallest absolute Gasteiger partial charge is 0.120 e. The summed E-state index contributed by atoms with van der Waals surface area (Å²) in [7, 11) is 0. The lowest BCUT2D eigenvalue weighted by Crippen LogP contribution is -2.42. The van der Waals surface area contributed by atoms with E-state index in [2.05, 4.69) is 63.8 Å². The van der Waals surface area contributed by atoms with Gasteiger partial charge in [-0.15, -0.1) is 0 Å². The fourth-order valence-electron chi connectivity index (χ4n) is 4.59. The number of rotatable bonds is 9. The Labute approximate surface area is 187 Å². The molecule has 1 atom stereocenters. The summed E-state index contributed by atoms with van der Waals surface area (Å²) < 4.78 is 6.17. The van der Waals surface area contributed by atoms with Crippen molar-refractivity contribution in [2.24, 2.45) is 17.5 Å². The standard InChI is InChI=1S/C26H38N4O/c1-19(2)16-26(4,5)31-23-12-10-21(11-13-23)24(27)18-29(28)17-20(3)30-15-14-22-8-6-7-9-25(22)30/h6-13,18-20H,14-17,27-28H2,1-5H3/b24-18-. The second-order valence-electron chi connectivity index (χ2n) is 9.69. The van der Waals surface area contributed by atoms with Gasteiger partial charge in [0, 0.05) is 24.5 Å². The van der Waals surface area contributed by atoms with Crippen molar-refractivity contribution in [3.05, 3.63) is 65.9 Å². The number of benzene rings is 2. The van der Waals surface area contributed by atoms with Gasteiger partial charge in [0.2, 0.25) is 0 Å². The summed E-state index contributed by atoms with van der Waals surface area (Å²) in [5.74, 6) is 7.72. The molecule has 0 saturated carbocycles. The van der Waals surface area contributed by atoms with Crippen molar-refractivity contribution in [2.75, 3.05) is 18.0 Å². The summed E-state index contributed by atoms with van der Waals surface area (Å²) in [5.41, 5.74) is 10.4. The van der Waals surface area contributed by atoms with Gasteiger partial charge >= 0.3 is 0 Å². The van der Waals surface area contributed by atoms with Crippen LogP contribution < -0.4 is 21.2 Å². The second kappa shape index (κ2) is 9.65. The van der Waals surface area contributed by atoms with Crippen LogP contribution in [0.4, 0.5) is 5.69 Å². The zero-order valence-corrected chi connectivity index (χ0v) is 19.6. The predicted molar refractivity (Wildman–Crippen MR) is 131 cm³/mol. The second-order valence-corrected chi connectivity index (χ2v) is 9.69. The van der Waals surface area contributed by atoms with Gasteiger partial charge < -0.3 is 20.4 Å². The van der Waals surface area contributed by atoms with E-state index in [1.54, 1.807) is 5.01 Å². The summed E-state index contributed by atoms with van der Waals surface area (Å²) in [6, 6.07) is 16.8. The summed E-state index contributed by atoms with van der Waals surface area (Å²) in [6.07, 6.45) is 3.90. The van der Waals surface area contributed by atoms with E-state index >= 15 is 0 Å². The molecule has 0 saturated heterocycles. The highest BCUT2D eigenvalue weighted by molar-refractivity contribution is 5.63. The maximum absolute atomic E-state index is 6.33. The van der Waals surface area contributed by atoms with Gasteiger partial charge in [-0.1, -0.05) is 32.0 Å². The molecule has 5 nitrogen and oxygen atoms in total. The predicted octanol–water partition coefficient (Wildman–Crippen LogP) is 4.77. The van der Waals surface area contributed by atoms with Crippen LogP contribution in [-0.2, 0) is 6.42 Å². The molecule has 1 heterocycles. The lowest BCUT2D eigenvalue weighted by molar-refractivity contribution is 0.0852. The molecule has 2 aromatic carbocycles. The van der Waals surface area contributed by atoms with E-state index in [4.69, 9.17) is 16.3 Å². The quantitative estimate of drug-likeness (QED) is 0.450. The number of hydrogen-bond donors (Lipinski definition) is 2. The van der Waals surface area contributed by atoms with Crippen LogP contribution in [0.5, 0.6) is 5.75 Å².